The first-order valence-electron chi connectivity index (χ1n) is 6.18. The number of anilines is 2. The van der Waals surface area contributed by atoms with Crippen molar-refractivity contribution in [2.24, 2.45) is 0 Å². The van der Waals surface area contributed by atoms with Crippen molar-refractivity contribution >= 4 is 44.9 Å². The Morgan fingerprint density at radius 2 is 2.14 bits per heavy atom. The first kappa shape index (κ1) is 15.7. The van der Waals surface area contributed by atoms with Gasteiger partial charge in [-0.3, -0.25) is 4.79 Å². The zero-order chi connectivity index (χ0) is 15.4. The van der Waals surface area contributed by atoms with Gasteiger partial charge in [0.05, 0.1) is 10.7 Å². The molecule has 110 valence electrons. The second kappa shape index (κ2) is 6.87. The summed E-state index contributed by atoms with van der Waals surface area (Å²) in [6, 6.07) is 7.27. The van der Waals surface area contributed by atoms with Gasteiger partial charge in [0.25, 0.3) is 5.91 Å². The molecule has 7 heteroatoms. The molecule has 1 aromatic carbocycles. The van der Waals surface area contributed by atoms with Gasteiger partial charge in [-0.25, -0.2) is 9.37 Å². The van der Waals surface area contributed by atoms with Crippen LogP contribution in [0.25, 0.3) is 0 Å². The van der Waals surface area contributed by atoms with E-state index in [1.165, 1.54) is 18.2 Å². The Bertz CT molecular complexity index is 681. The number of carbonyl (C=O) groups is 1. The fourth-order valence-electron chi connectivity index (χ4n) is 1.65. The van der Waals surface area contributed by atoms with Gasteiger partial charge in [-0.1, -0.05) is 11.6 Å². The highest BCUT2D eigenvalue weighted by atomic mass is 79.9. The van der Waals surface area contributed by atoms with Crippen molar-refractivity contribution in [2.45, 2.75) is 6.92 Å². The van der Waals surface area contributed by atoms with E-state index in [0.29, 0.717) is 22.5 Å². The van der Waals surface area contributed by atoms with Gasteiger partial charge in [-0.05, 0) is 53.2 Å². The molecule has 0 bridgehead atoms. The van der Waals surface area contributed by atoms with Crippen LogP contribution in [0.4, 0.5) is 15.9 Å². The second-order valence-corrected chi connectivity index (χ2v) is 5.40. The van der Waals surface area contributed by atoms with Crippen LogP contribution in [0.2, 0.25) is 5.02 Å². The topological polar surface area (TPSA) is 54.0 Å². The molecule has 2 N–H and O–H groups in total. The highest BCUT2D eigenvalue weighted by Crippen LogP contribution is 2.25. The van der Waals surface area contributed by atoms with Crippen molar-refractivity contribution < 1.29 is 9.18 Å². The molecular weight excluding hydrogens is 361 g/mol. The molecule has 21 heavy (non-hydrogen) atoms. The maximum absolute atomic E-state index is 13.0. The van der Waals surface area contributed by atoms with Gasteiger partial charge in [0.15, 0.2) is 0 Å². The van der Waals surface area contributed by atoms with Crippen molar-refractivity contribution in [3.8, 4) is 0 Å². The number of nitrogens with zero attached hydrogens (tertiary/aromatic N) is 1. The molecule has 2 rings (SSSR count). The fraction of sp³-hybridized carbons (Fsp3) is 0.143. The Balaban J connectivity index is 2.25. The zero-order valence-corrected chi connectivity index (χ0v) is 13.4. The molecule has 0 aliphatic carbocycles. The lowest BCUT2D eigenvalue weighted by atomic mass is 10.2. The van der Waals surface area contributed by atoms with Gasteiger partial charge >= 0.3 is 0 Å². The molecule has 0 unspecified atom stereocenters. The minimum atomic E-state index is -0.466. The highest BCUT2D eigenvalue weighted by molar-refractivity contribution is 9.10. The van der Waals surface area contributed by atoms with Gasteiger partial charge in [-0.2, -0.15) is 0 Å². The van der Waals surface area contributed by atoms with Crippen molar-refractivity contribution in [3.05, 3.63) is 51.3 Å². The Kier molecular flexibility index (Phi) is 5.14. The van der Waals surface area contributed by atoms with E-state index in [-0.39, 0.29) is 10.7 Å². The monoisotopic (exact) mass is 371 g/mol. The third-order valence-electron chi connectivity index (χ3n) is 2.60. The molecule has 0 fully saturated rings. The summed E-state index contributed by atoms with van der Waals surface area (Å²) in [5.41, 5.74) is 0.541. The van der Waals surface area contributed by atoms with Crippen LogP contribution in [0.5, 0.6) is 0 Å². The lowest BCUT2D eigenvalue weighted by molar-refractivity contribution is 0.102. The van der Waals surface area contributed by atoms with Crippen LogP contribution in [-0.2, 0) is 0 Å². The van der Waals surface area contributed by atoms with Crippen LogP contribution in [-0.4, -0.2) is 17.4 Å². The summed E-state index contributed by atoms with van der Waals surface area (Å²) < 4.78 is 13.5. The lowest BCUT2D eigenvalue weighted by Gasteiger charge is -2.10. The predicted octanol–water partition coefficient (Wildman–Crippen LogP) is 4.32. The summed E-state index contributed by atoms with van der Waals surface area (Å²) in [6.45, 7) is 2.60. The summed E-state index contributed by atoms with van der Waals surface area (Å²) in [5, 5.41) is 5.88. The Morgan fingerprint density at radius 3 is 2.81 bits per heavy atom. The molecule has 4 nitrogen and oxygen atoms in total. The van der Waals surface area contributed by atoms with Crippen LogP contribution in [0.15, 0.2) is 34.8 Å². The molecule has 1 amide bonds. The summed E-state index contributed by atoms with van der Waals surface area (Å²) in [5.74, 6) is -0.303. The molecule has 1 aromatic heterocycles. The average Bonchev–Trinajstić information content (AvgIpc) is 2.44. The number of hydrogen-bond acceptors (Lipinski definition) is 3. The SMILES string of the molecule is CCNc1ccc(Cl)c(C(=O)Nc2ccc(F)cc2Br)n1. The fourth-order valence-corrected chi connectivity index (χ4v) is 2.29. The highest BCUT2D eigenvalue weighted by Gasteiger charge is 2.15. The predicted molar refractivity (Wildman–Crippen MR) is 85.5 cm³/mol. The summed E-state index contributed by atoms with van der Waals surface area (Å²) in [6.07, 6.45) is 0. The van der Waals surface area contributed by atoms with Crippen molar-refractivity contribution in [1.82, 2.24) is 4.98 Å². The van der Waals surface area contributed by atoms with Crippen molar-refractivity contribution in [1.29, 1.82) is 0 Å². The van der Waals surface area contributed by atoms with E-state index in [9.17, 15) is 9.18 Å². The third kappa shape index (κ3) is 3.92. The minimum absolute atomic E-state index is 0.103. The van der Waals surface area contributed by atoms with E-state index in [1.54, 1.807) is 12.1 Å². The number of halogens is 3. The summed E-state index contributed by atoms with van der Waals surface area (Å²) >= 11 is 9.19. The standard InChI is InChI=1S/C14H12BrClFN3O/c1-2-18-12-6-4-10(16)13(20-12)14(21)19-11-5-3-8(17)7-9(11)15/h3-7H,2H2,1H3,(H,18,20)(H,19,21). The maximum Gasteiger partial charge on any atom is 0.275 e. The van der Waals surface area contributed by atoms with Crippen LogP contribution in [0.1, 0.15) is 17.4 Å². The molecule has 1 heterocycles. The van der Waals surface area contributed by atoms with E-state index < -0.39 is 11.7 Å². The van der Waals surface area contributed by atoms with E-state index >= 15 is 0 Å². The number of nitrogens with one attached hydrogen (secondary N) is 2. The largest absolute Gasteiger partial charge is 0.370 e. The molecule has 0 spiro atoms. The molecule has 0 aliphatic rings. The third-order valence-corrected chi connectivity index (χ3v) is 3.56. The Hall–Kier alpha value is -1.66. The molecular formula is C14H12BrClFN3O. The van der Waals surface area contributed by atoms with E-state index in [1.807, 2.05) is 6.92 Å². The normalized spacial score (nSPS) is 10.3. The molecule has 0 aliphatic heterocycles. The first-order valence-corrected chi connectivity index (χ1v) is 7.35. The molecule has 0 radical (unpaired) electrons. The molecule has 0 saturated heterocycles. The van der Waals surface area contributed by atoms with Crippen LogP contribution in [0.3, 0.4) is 0 Å². The van der Waals surface area contributed by atoms with Gasteiger partial charge in [-0.15, -0.1) is 0 Å². The number of amides is 1. The molecule has 0 atom stereocenters. The number of pyridine rings is 1. The number of hydrogen-bond donors (Lipinski definition) is 2. The average molecular weight is 373 g/mol. The van der Waals surface area contributed by atoms with Crippen LogP contribution in [0, 0.1) is 5.82 Å². The number of rotatable bonds is 4. The lowest BCUT2D eigenvalue weighted by Crippen LogP contribution is -2.15. The smallest absolute Gasteiger partial charge is 0.275 e. The number of carbonyl (C=O) groups excluding carboxylic acids is 1. The number of benzene rings is 1. The summed E-state index contributed by atoms with van der Waals surface area (Å²) in [7, 11) is 0. The van der Waals surface area contributed by atoms with Gasteiger partial charge in [0.2, 0.25) is 0 Å². The Morgan fingerprint density at radius 1 is 1.38 bits per heavy atom. The zero-order valence-electron chi connectivity index (χ0n) is 11.1. The second-order valence-electron chi connectivity index (χ2n) is 4.14. The van der Waals surface area contributed by atoms with Crippen LogP contribution < -0.4 is 10.6 Å². The number of aromatic nitrogens is 1. The molecule has 0 saturated carbocycles. The first-order chi connectivity index (χ1) is 10.0. The van der Waals surface area contributed by atoms with E-state index in [2.05, 4.69) is 31.5 Å². The quantitative estimate of drug-likeness (QED) is 0.840. The Labute approximate surface area is 134 Å². The van der Waals surface area contributed by atoms with Gasteiger partial charge < -0.3 is 10.6 Å². The molecule has 2 aromatic rings. The van der Waals surface area contributed by atoms with E-state index in [4.69, 9.17) is 11.6 Å². The minimum Gasteiger partial charge on any atom is -0.370 e. The van der Waals surface area contributed by atoms with E-state index in [0.717, 1.165) is 0 Å². The van der Waals surface area contributed by atoms with Gasteiger partial charge in [0.1, 0.15) is 17.3 Å². The van der Waals surface area contributed by atoms with Gasteiger partial charge in [0, 0.05) is 11.0 Å². The summed E-state index contributed by atoms with van der Waals surface area (Å²) in [4.78, 5) is 16.4. The van der Waals surface area contributed by atoms with Crippen molar-refractivity contribution in [3.63, 3.8) is 0 Å². The maximum atomic E-state index is 13.0. The van der Waals surface area contributed by atoms with Crippen molar-refractivity contribution in [2.75, 3.05) is 17.2 Å². The van der Waals surface area contributed by atoms with Crippen LogP contribution >= 0.6 is 27.5 Å².